The van der Waals surface area contributed by atoms with Crippen molar-refractivity contribution in [2.24, 2.45) is 22.8 Å². The van der Waals surface area contributed by atoms with Gasteiger partial charge in [0.15, 0.2) is 0 Å². The monoisotopic (exact) mass is 298 g/mol. The van der Waals surface area contributed by atoms with Gasteiger partial charge in [0, 0.05) is 26.1 Å². The highest BCUT2D eigenvalue weighted by atomic mass is 16.2. The van der Waals surface area contributed by atoms with Crippen molar-refractivity contribution < 1.29 is 9.59 Å². The average Bonchev–Trinajstić information content (AvgIpc) is 2.43. The summed E-state index contributed by atoms with van der Waals surface area (Å²) in [6, 6.07) is -0.498. The number of nitrogens with two attached hydrogens (primary N) is 2. The minimum atomic E-state index is -0.498. The normalized spacial score (nSPS) is 19.4. The molecular weight excluding hydrogens is 268 g/mol. The Labute approximate surface area is 127 Å². The number of rotatable bonds is 7. The molecule has 6 nitrogen and oxygen atoms in total. The first kappa shape index (κ1) is 17.8. The highest BCUT2D eigenvalue weighted by Gasteiger charge is 2.25. The highest BCUT2D eigenvalue weighted by Crippen LogP contribution is 2.27. The van der Waals surface area contributed by atoms with Gasteiger partial charge in [-0.3, -0.25) is 4.79 Å². The molecule has 0 aliphatic carbocycles. The van der Waals surface area contributed by atoms with E-state index in [2.05, 4.69) is 19.2 Å². The fourth-order valence-corrected chi connectivity index (χ4v) is 2.82. The van der Waals surface area contributed by atoms with Gasteiger partial charge in [0.25, 0.3) is 0 Å². The summed E-state index contributed by atoms with van der Waals surface area (Å²) < 4.78 is 0. The quantitative estimate of drug-likeness (QED) is 0.654. The summed E-state index contributed by atoms with van der Waals surface area (Å²) in [5.41, 5.74) is 10.8. The van der Waals surface area contributed by atoms with Crippen molar-refractivity contribution in [3.8, 4) is 0 Å². The standard InChI is InChI=1S/C15H30N4O2/c1-15(2,7-8-16)6-5-13(20)19-9-3-4-12(11-19)10-18-14(17)21/h12H,3-11,16H2,1-2H3,(H3,17,18,21). The van der Waals surface area contributed by atoms with E-state index in [-0.39, 0.29) is 11.3 Å². The van der Waals surface area contributed by atoms with Gasteiger partial charge in [-0.15, -0.1) is 0 Å². The molecule has 1 aliphatic heterocycles. The Bertz CT molecular complexity index is 358. The van der Waals surface area contributed by atoms with Crippen molar-refractivity contribution in [2.75, 3.05) is 26.2 Å². The van der Waals surface area contributed by atoms with Crippen LogP contribution in [0.1, 0.15) is 46.0 Å². The van der Waals surface area contributed by atoms with Gasteiger partial charge in [-0.05, 0) is 43.6 Å². The highest BCUT2D eigenvalue weighted by molar-refractivity contribution is 5.76. The molecule has 0 aromatic carbocycles. The van der Waals surface area contributed by atoms with Crippen LogP contribution in [0.4, 0.5) is 4.79 Å². The SMILES string of the molecule is CC(C)(CCN)CCC(=O)N1CCCC(CNC(N)=O)C1. The van der Waals surface area contributed by atoms with Gasteiger partial charge in [-0.1, -0.05) is 13.8 Å². The van der Waals surface area contributed by atoms with Gasteiger partial charge in [0.1, 0.15) is 0 Å². The van der Waals surface area contributed by atoms with Crippen LogP contribution in [-0.2, 0) is 4.79 Å². The Morgan fingerprint density at radius 1 is 1.33 bits per heavy atom. The van der Waals surface area contributed by atoms with Gasteiger partial charge in [0.2, 0.25) is 5.91 Å². The van der Waals surface area contributed by atoms with Crippen molar-refractivity contribution in [3.63, 3.8) is 0 Å². The van der Waals surface area contributed by atoms with Gasteiger partial charge in [0.05, 0.1) is 0 Å². The molecule has 0 spiro atoms. The zero-order chi connectivity index (χ0) is 15.9. The van der Waals surface area contributed by atoms with Crippen LogP contribution in [0.3, 0.4) is 0 Å². The van der Waals surface area contributed by atoms with Crippen LogP contribution in [0, 0.1) is 11.3 Å². The molecule has 6 heteroatoms. The summed E-state index contributed by atoms with van der Waals surface area (Å²) in [7, 11) is 0. The first-order chi connectivity index (χ1) is 9.84. The number of carbonyl (C=O) groups excluding carboxylic acids is 2. The predicted molar refractivity (Wildman–Crippen MR) is 83.6 cm³/mol. The first-order valence-corrected chi connectivity index (χ1v) is 7.85. The Hall–Kier alpha value is -1.30. The molecule has 5 N–H and O–H groups in total. The zero-order valence-corrected chi connectivity index (χ0v) is 13.4. The third-order valence-corrected chi connectivity index (χ3v) is 4.27. The van der Waals surface area contributed by atoms with E-state index < -0.39 is 6.03 Å². The minimum Gasteiger partial charge on any atom is -0.352 e. The first-order valence-electron chi connectivity index (χ1n) is 7.85. The third-order valence-electron chi connectivity index (χ3n) is 4.27. The molecule has 1 aliphatic rings. The maximum absolute atomic E-state index is 12.3. The average molecular weight is 298 g/mol. The number of likely N-dealkylation sites (tertiary alicyclic amines) is 1. The lowest BCUT2D eigenvalue weighted by atomic mass is 9.84. The topological polar surface area (TPSA) is 101 Å². The number of carbonyl (C=O) groups is 2. The number of amides is 3. The molecule has 1 rings (SSSR count). The Morgan fingerprint density at radius 3 is 2.67 bits per heavy atom. The van der Waals surface area contributed by atoms with Crippen molar-refractivity contribution in [1.29, 1.82) is 0 Å². The van der Waals surface area contributed by atoms with Gasteiger partial charge < -0.3 is 21.7 Å². The van der Waals surface area contributed by atoms with Crippen molar-refractivity contribution in [1.82, 2.24) is 10.2 Å². The number of urea groups is 1. The lowest BCUT2D eigenvalue weighted by Crippen LogP contribution is -2.44. The summed E-state index contributed by atoms with van der Waals surface area (Å²) in [5, 5.41) is 2.63. The summed E-state index contributed by atoms with van der Waals surface area (Å²) in [4.78, 5) is 25.0. The van der Waals surface area contributed by atoms with Gasteiger partial charge >= 0.3 is 6.03 Å². The number of hydrogen-bond acceptors (Lipinski definition) is 3. The fraction of sp³-hybridized carbons (Fsp3) is 0.867. The number of nitrogens with one attached hydrogen (secondary N) is 1. The smallest absolute Gasteiger partial charge is 0.312 e. The maximum Gasteiger partial charge on any atom is 0.312 e. The van der Waals surface area contributed by atoms with E-state index in [1.54, 1.807) is 0 Å². The summed E-state index contributed by atoms with van der Waals surface area (Å²) >= 11 is 0. The summed E-state index contributed by atoms with van der Waals surface area (Å²) in [6.45, 7) is 7.06. The Kier molecular flexibility index (Phi) is 6.95. The van der Waals surface area contributed by atoms with E-state index in [1.807, 2.05) is 4.90 Å². The molecule has 0 aromatic rings. The van der Waals surface area contributed by atoms with Crippen LogP contribution in [0.15, 0.2) is 0 Å². The van der Waals surface area contributed by atoms with Crippen molar-refractivity contribution >= 4 is 11.9 Å². The largest absolute Gasteiger partial charge is 0.352 e. The maximum atomic E-state index is 12.3. The van der Waals surface area contributed by atoms with E-state index in [4.69, 9.17) is 11.5 Å². The van der Waals surface area contributed by atoms with Gasteiger partial charge in [-0.2, -0.15) is 0 Å². The third kappa shape index (κ3) is 6.80. The fourth-order valence-electron chi connectivity index (χ4n) is 2.82. The molecule has 0 radical (unpaired) electrons. The van der Waals surface area contributed by atoms with Crippen LogP contribution in [0.2, 0.25) is 0 Å². The predicted octanol–water partition coefficient (Wildman–Crippen LogP) is 1.05. The lowest BCUT2D eigenvalue weighted by molar-refractivity contribution is -0.133. The molecule has 122 valence electrons. The number of nitrogens with zero attached hydrogens (tertiary/aromatic N) is 1. The van der Waals surface area contributed by atoms with Crippen LogP contribution < -0.4 is 16.8 Å². The summed E-state index contributed by atoms with van der Waals surface area (Å²) in [5.74, 6) is 0.524. The van der Waals surface area contributed by atoms with E-state index in [0.717, 1.165) is 38.8 Å². The molecule has 21 heavy (non-hydrogen) atoms. The molecule has 1 heterocycles. The second kappa shape index (κ2) is 8.22. The zero-order valence-electron chi connectivity index (χ0n) is 13.4. The molecule has 0 bridgehead atoms. The second-order valence-electron chi connectivity index (χ2n) is 6.80. The van der Waals surface area contributed by atoms with E-state index >= 15 is 0 Å². The van der Waals surface area contributed by atoms with E-state index in [1.165, 1.54) is 0 Å². The second-order valence-corrected chi connectivity index (χ2v) is 6.80. The lowest BCUT2D eigenvalue weighted by Gasteiger charge is -2.33. The molecule has 0 saturated carbocycles. The van der Waals surface area contributed by atoms with E-state index in [0.29, 0.717) is 25.4 Å². The molecular formula is C15H30N4O2. The molecule has 3 amide bonds. The number of primary amides is 1. The molecule has 0 aromatic heterocycles. The molecule has 1 fully saturated rings. The number of hydrogen-bond donors (Lipinski definition) is 3. The summed E-state index contributed by atoms with van der Waals surface area (Å²) in [6.07, 6.45) is 4.39. The van der Waals surface area contributed by atoms with Crippen LogP contribution >= 0.6 is 0 Å². The van der Waals surface area contributed by atoms with Crippen LogP contribution in [0.25, 0.3) is 0 Å². The van der Waals surface area contributed by atoms with Crippen molar-refractivity contribution in [3.05, 3.63) is 0 Å². The van der Waals surface area contributed by atoms with Gasteiger partial charge in [-0.25, -0.2) is 4.79 Å². The van der Waals surface area contributed by atoms with Crippen molar-refractivity contribution in [2.45, 2.75) is 46.0 Å². The minimum absolute atomic E-state index is 0.118. The van der Waals surface area contributed by atoms with E-state index in [9.17, 15) is 9.59 Å². The molecule has 1 atom stereocenters. The Morgan fingerprint density at radius 2 is 2.05 bits per heavy atom. The van der Waals surface area contributed by atoms with Crippen LogP contribution in [0.5, 0.6) is 0 Å². The van der Waals surface area contributed by atoms with Crippen LogP contribution in [-0.4, -0.2) is 43.0 Å². The molecule has 1 saturated heterocycles. The molecule has 1 unspecified atom stereocenters. The Balaban J connectivity index is 2.38. The number of piperidine rings is 1.